The van der Waals surface area contributed by atoms with Gasteiger partial charge in [0, 0.05) is 30.1 Å². The van der Waals surface area contributed by atoms with Gasteiger partial charge < -0.3 is 34.6 Å². The van der Waals surface area contributed by atoms with E-state index in [-0.39, 0.29) is 18.6 Å². The summed E-state index contributed by atoms with van der Waals surface area (Å²) in [6.07, 6.45) is -2.20. The lowest BCUT2D eigenvalue weighted by Gasteiger charge is -2.40. The van der Waals surface area contributed by atoms with Gasteiger partial charge in [-0.25, -0.2) is 4.98 Å². The van der Waals surface area contributed by atoms with E-state index >= 15 is 0 Å². The predicted octanol–water partition coefficient (Wildman–Crippen LogP) is 1.64. The number of aromatic nitrogens is 1. The molecule has 9 heteroatoms. The van der Waals surface area contributed by atoms with E-state index in [2.05, 4.69) is 16.0 Å². The Kier molecular flexibility index (Phi) is 7.45. The highest BCUT2D eigenvalue weighted by Crippen LogP contribution is 2.47. The Labute approximate surface area is 212 Å². The fourth-order valence-corrected chi connectivity index (χ4v) is 5.06. The Balaban J connectivity index is 1.52. The van der Waals surface area contributed by atoms with Gasteiger partial charge in [0.05, 0.1) is 32.9 Å². The summed E-state index contributed by atoms with van der Waals surface area (Å²) in [5.74, 6) is 1.43. The number of aryl methyl sites for hydroxylation is 2. The number of aliphatic hydroxyl groups is 3. The fraction of sp³-hybridized carbons (Fsp3) is 0.556. The molecular formula is C27H37N3O6. The third kappa shape index (κ3) is 4.87. The van der Waals surface area contributed by atoms with Gasteiger partial charge in [-0.3, -0.25) is 4.79 Å². The number of benzene rings is 1. The highest BCUT2D eigenvalue weighted by molar-refractivity contribution is 5.81. The topological polar surface area (TPSA) is 116 Å². The first-order chi connectivity index (χ1) is 17.1. The van der Waals surface area contributed by atoms with Crippen LogP contribution in [0.15, 0.2) is 30.3 Å². The third-order valence-corrected chi connectivity index (χ3v) is 7.85. The van der Waals surface area contributed by atoms with Gasteiger partial charge >= 0.3 is 0 Å². The molecule has 0 aliphatic carbocycles. The number of rotatable bonds is 8. The summed E-state index contributed by atoms with van der Waals surface area (Å²) in [5.41, 5.74) is 2.45. The van der Waals surface area contributed by atoms with Crippen LogP contribution in [0.1, 0.15) is 36.6 Å². The smallest absolute Gasteiger partial charge is 0.253 e. The first-order valence-electron chi connectivity index (χ1n) is 12.4. The Morgan fingerprint density at radius 3 is 2.50 bits per heavy atom. The molecule has 4 atom stereocenters. The molecule has 3 N–H and O–H groups in total. The molecule has 1 amide bonds. The van der Waals surface area contributed by atoms with Crippen molar-refractivity contribution in [3.8, 4) is 11.5 Å². The Bertz CT molecular complexity index is 1100. The van der Waals surface area contributed by atoms with E-state index in [4.69, 9.17) is 9.47 Å². The molecular weight excluding hydrogens is 462 g/mol. The van der Waals surface area contributed by atoms with Gasteiger partial charge in [-0.2, -0.15) is 0 Å². The average Bonchev–Trinajstić information content (AvgIpc) is 3.20. The molecule has 9 nitrogen and oxygen atoms in total. The molecule has 36 heavy (non-hydrogen) atoms. The van der Waals surface area contributed by atoms with E-state index in [9.17, 15) is 20.1 Å². The largest absolute Gasteiger partial charge is 0.493 e. The van der Waals surface area contributed by atoms with Gasteiger partial charge in [-0.05, 0) is 50.1 Å². The quantitative estimate of drug-likeness (QED) is 0.502. The number of anilines is 1. The van der Waals surface area contributed by atoms with Crippen LogP contribution in [0, 0.1) is 19.3 Å². The number of ether oxygens (including phenoxy) is 2. The summed E-state index contributed by atoms with van der Waals surface area (Å²) in [7, 11) is 1.60. The van der Waals surface area contributed by atoms with Crippen LogP contribution in [0.2, 0.25) is 0 Å². The first kappa shape index (κ1) is 26.2. The van der Waals surface area contributed by atoms with Gasteiger partial charge in [0.25, 0.3) is 5.91 Å². The van der Waals surface area contributed by atoms with Crippen molar-refractivity contribution in [3.63, 3.8) is 0 Å². The molecule has 3 heterocycles. The molecule has 0 spiro atoms. The number of pyridine rings is 1. The summed E-state index contributed by atoms with van der Waals surface area (Å²) in [6, 6.07) is 9.81. The van der Waals surface area contributed by atoms with Crippen molar-refractivity contribution in [1.82, 2.24) is 9.88 Å². The zero-order chi connectivity index (χ0) is 26.2. The van der Waals surface area contributed by atoms with Crippen LogP contribution in [-0.2, 0) is 4.79 Å². The van der Waals surface area contributed by atoms with Crippen molar-refractivity contribution in [2.45, 2.75) is 51.9 Å². The van der Waals surface area contributed by atoms with E-state index < -0.39 is 30.1 Å². The summed E-state index contributed by atoms with van der Waals surface area (Å²) in [5, 5.41) is 29.8. The van der Waals surface area contributed by atoms with E-state index in [1.54, 1.807) is 14.0 Å². The number of amides is 1. The molecule has 0 bridgehead atoms. The minimum absolute atomic E-state index is 0.0259. The number of hydrogen-bond acceptors (Lipinski definition) is 8. The minimum Gasteiger partial charge on any atom is -0.493 e. The Morgan fingerprint density at radius 2 is 1.89 bits per heavy atom. The van der Waals surface area contributed by atoms with Crippen LogP contribution in [0.4, 0.5) is 5.82 Å². The molecule has 0 unspecified atom stereocenters. The van der Waals surface area contributed by atoms with Crippen LogP contribution < -0.4 is 14.4 Å². The molecule has 2 saturated heterocycles. The van der Waals surface area contributed by atoms with Gasteiger partial charge in [-0.15, -0.1) is 0 Å². The van der Waals surface area contributed by atoms with Gasteiger partial charge in [0.15, 0.2) is 17.6 Å². The Hall–Kier alpha value is -2.88. The normalized spacial score (nSPS) is 23.8. The molecule has 4 rings (SSSR count). The number of carbonyl (C=O) groups is 1. The summed E-state index contributed by atoms with van der Waals surface area (Å²) >= 11 is 0. The molecule has 2 aliphatic rings. The lowest BCUT2D eigenvalue weighted by atomic mass is 9.72. The maximum Gasteiger partial charge on any atom is 0.253 e. The fourth-order valence-electron chi connectivity index (χ4n) is 5.06. The molecule has 0 radical (unpaired) electrons. The van der Waals surface area contributed by atoms with E-state index in [0.717, 1.165) is 22.6 Å². The summed E-state index contributed by atoms with van der Waals surface area (Å²) in [6.45, 7) is 9.07. The third-order valence-electron chi connectivity index (χ3n) is 7.85. The van der Waals surface area contributed by atoms with E-state index in [0.29, 0.717) is 31.1 Å². The standard InChI is InChI=1S/C27H37N3O6/c1-16-6-9-25(28-17(16)2)29-11-20(12-29)36-24-10-19(7-8-23(24)35-5)21-13-30(26(34)22(33)14-31)15-27(21,4)18(3)32/h6-10,18,20-22,31-33H,11-15H2,1-5H3/t18-,21+,22+,27+/m1/s1. The van der Waals surface area contributed by atoms with Gasteiger partial charge in [-0.1, -0.05) is 19.1 Å². The van der Waals surface area contributed by atoms with Crippen LogP contribution >= 0.6 is 0 Å². The Morgan fingerprint density at radius 1 is 1.17 bits per heavy atom. The van der Waals surface area contributed by atoms with Crippen LogP contribution in [0.25, 0.3) is 0 Å². The van der Waals surface area contributed by atoms with Crippen LogP contribution in [0.5, 0.6) is 11.5 Å². The second-order valence-corrected chi connectivity index (χ2v) is 10.3. The van der Waals surface area contributed by atoms with E-state index in [1.165, 1.54) is 4.90 Å². The number of hydrogen-bond donors (Lipinski definition) is 3. The highest BCUT2D eigenvalue weighted by Gasteiger charge is 2.49. The monoisotopic (exact) mass is 499 g/mol. The number of methoxy groups -OCH3 is 1. The number of likely N-dealkylation sites (tertiary alicyclic amines) is 1. The van der Waals surface area contributed by atoms with Gasteiger partial charge in [0.2, 0.25) is 0 Å². The van der Waals surface area contributed by atoms with Crippen molar-refractivity contribution in [2.24, 2.45) is 5.41 Å². The van der Waals surface area contributed by atoms with Crippen LogP contribution in [0.3, 0.4) is 0 Å². The van der Waals surface area contributed by atoms with Crippen molar-refractivity contribution >= 4 is 11.7 Å². The first-order valence-corrected chi connectivity index (χ1v) is 12.4. The number of carbonyl (C=O) groups excluding carboxylic acids is 1. The zero-order valence-electron chi connectivity index (χ0n) is 21.6. The molecule has 196 valence electrons. The van der Waals surface area contributed by atoms with Crippen molar-refractivity contribution < 1.29 is 29.6 Å². The molecule has 1 aromatic heterocycles. The molecule has 0 saturated carbocycles. The van der Waals surface area contributed by atoms with E-state index in [1.807, 2.05) is 45.0 Å². The van der Waals surface area contributed by atoms with Crippen molar-refractivity contribution in [2.75, 3.05) is 44.8 Å². The van der Waals surface area contributed by atoms with Gasteiger partial charge in [0.1, 0.15) is 11.9 Å². The second-order valence-electron chi connectivity index (χ2n) is 10.3. The lowest BCUT2D eigenvalue weighted by Crippen LogP contribution is -2.54. The van der Waals surface area contributed by atoms with Crippen LogP contribution in [-0.4, -0.2) is 89.3 Å². The summed E-state index contributed by atoms with van der Waals surface area (Å²) in [4.78, 5) is 20.9. The molecule has 2 aromatic rings. The lowest BCUT2D eigenvalue weighted by molar-refractivity contribution is -0.141. The molecule has 1 aromatic carbocycles. The summed E-state index contributed by atoms with van der Waals surface area (Å²) < 4.78 is 11.9. The SMILES string of the molecule is COc1ccc([C@@H]2CN(C(=O)[C@@H](O)CO)C[C@@]2(C)[C@@H](C)O)cc1OC1CN(c2ccc(C)c(C)n2)C1. The minimum atomic E-state index is -1.47. The molecule has 2 aliphatic heterocycles. The van der Waals surface area contributed by atoms with Crippen molar-refractivity contribution in [3.05, 3.63) is 47.2 Å². The number of aliphatic hydroxyl groups excluding tert-OH is 3. The predicted molar refractivity (Wildman–Crippen MR) is 136 cm³/mol. The molecule has 2 fully saturated rings. The average molecular weight is 500 g/mol. The highest BCUT2D eigenvalue weighted by atomic mass is 16.5. The maximum atomic E-state index is 12.6. The van der Waals surface area contributed by atoms with Crippen molar-refractivity contribution in [1.29, 1.82) is 0 Å². The maximum absolute atomic E-state index is 12.6. The second kappa shape index (κ2) is 10.2. The zero-order valence-corrected chi connectivity index (χ0v) is 21.6. The number of nitrogens with zero attached hydrogens (tertiary/aromatic N) is 3.